The molecule has 0 spiro atoms. The second-order valence-electron chi connectivity index (χ2n) is 2.70. The van der Waals surface area contributed by atoms with Crippen LogP contribution in [0, 0.1) is 5.82 Å². The van der Waals surface area contributed by atoms with Gasteiger partial charge in [0.15, 0.2) is 0 Å². The second-order valence-corrected chi connectivity index (χ2v) is 2.70. The number of alkyl halides is 2. The van der Waals surface area contributed by atoms with Crippen molar-refractivity contribution in [2.24, 2.45) is 0 Å². The number of aliphatic carboxylic acids is 1. The smallest absolute Gasteiger partial charge is 0.387 e. The van der Waals surface area contributed by atoms with Gasteiger partial charge < -0.3 is 9.84 Å². The molecule has 0 aliphatic rings. The molecule has 0 aliphatic carbocycles. The molecule has 0 unspecified atom stereocenters. The molecule has 1 N–H and O–H groups in total. The van der Waals surface area contributed by atoms with Crippen molar-refractivity contribution in [2.45, 2.75) is 6.61 Å². The van der Waals surface area contributed by atoms with Crippen LogP contribution in [0.2, 0.25) is 0 Å². The minimum Gasteiger partial charge on any atom is -0.478 e. The molecule has 16 heavy (non-hydrogen) atoms. The molecule has 0 heterocycles. The van der Waals surface area contributed by atoms with E-state index in [2.05, 4.69) is 4.74 Å². The molecule has 0 saturated carbocycles. The van der Waals surface area contributed by atoms with Gasteiger partial charge in [-0.2, -0.15) is 8.78 Å². The molecule has 0 saturated heterocycles. The Labute approximate surface area is 88.8 Å². The van der Waals surface area contributed by atoms with Crippen LogP contribution in [0.1, 0.15) is 5.56 Å². The first-order valence-electron chi connectivity index (χ1n) is 4.15. The van der Waals surface area contributed by atoms with E-state index < -0.39 is 24.1 Å². The van der Waals surface area contributed by atoms with Crippen LogP contribution in [0.3, 0.4) is 0 Å². The van der Waals surface area contributed by atoms with Gasteiger partial charge >= 0.3 is 12.6 Å². The van der Waals surface area contributed by atoms with Crippen molar-refractivity contribution in [3.05, 3.63) is 35.7 Å². The lowest BCUT2D eigenvalue weighted by Gasteiger charge is -2.08. The average molecular weight is 232 g/mol. The van der Waals surface area contributed by atoms with Crippen LogP contribution in [0.5, 0.6) is 5.75 Å². The van der Waals surface area contributed by atoms with Crippen LogP contribution in [0.25, 0.3) is 6.08 Å². The summed E-state index contributed by atoms with van der Waals surface area (Å²) in [5.74, 6) is -2.56. The molecule has 0 fully saturated rings. The van der Waals surface area contributed by atoms with E-state index >= 15 is 0 Å². The van der Waals surface area contributed by atoms with Crippen molar-refractivity contribution in [1.82, 2.24) is 0 Å². The predicted molar refractivity (Wildman–Crippen MR) is 49.7 cm³/mol. The third-order valence-corrected chi connectivity index (χ3v) is 1.62. The average Bonchev–Trinajstić information content (AvgIpc) is 2.15. The van der Waals surface area contributed by atoms with Gasteiger partial charge in [-0.3, -0.25) is 0 Å². The fraction of sp³-hybridized carbons (Fsp3) is 0.100. The monoisotopic (exact) mass is 232 g/mol. The molecule has 0 aliphatic heterocycles. The minimum atomic E-state index is -3.10. The number of hydrogen-bond acceptors (Lipinski definition) is 2. The van der Waals surface area contributed by atoms with Gasteiger partial charge in [0.1, 0.15) is 11.6 Å². The number of carbonyl (C=O) groups is 1. The van der Waals surface area contributed by atoms with Crippen LogP contribution < -0.4 is 4.74 Å². The lowest BCUT2D eigenvalue weighted by molar-refractivity contribution is -0.131. The molecule has 0 bridgehead atoms. The zero-order chi connectivity index (χ0) is 12.1. The summed E-state index contributed by atoms with van der Waals surface area (Å²) >= 11 is 0. The second kappa shape index (κ2) is 5.20. The van der Waals surface area contributed by atoms with Crippen molar-refractivity contribution in [3.63, 3.8) is 0 Å². The molecular weight excluding hydrogens is 225 g/mol. The van der Waals surface area contributed by atoms with Crippen LogP contribution in [0.4, 0.5) is 13.2 Å². The molecule has 1 aromatic carbocycles. The zero-order valence-corrected chi connectivity index (χ0v) is 7.86. The SMILES string of the molecule is O=C(O)/C=C/c1c(F)cccc1OC(F)F. The number of hydrogen-bond donors (Lipinski definition) is 1. The number of halogens is 3. The topological polar surface area (TPSA) is 46.5 Å². The van der Waals surface area contributed by atoms with E-state index in [1.165, 1.54) is 6.07 Å². The van der Waals surface area contributed by atoms with E-state index in [0.29, 0.717) is 6.08 Å². The standard InChI is InChI=1S/C10H7F3O3/c11-7-2-1-3-8(16-10(12)13)6(7)4-5-9(14)15/h1-5,10H,(H,14,15)/b5-4+. The molecule has 0 aromatic heterocycles. The van der Waals surface area contributed by atoms with E-state index in [1.54, 1.807) is 0 Å². The van der Waals surface area contributed by atoms with E-state index in [-0.39, 0.29) is 5.56 Å². The third kappa shape index (κ3) is 3.30. The van der Waals surface area contributed by atoms with E-state index in [0.717, 1.165) is 18.2 Å². The van der Waals surface area contributed by atoms with E-state index in [9.17, 15) is 18.0 Å². The molecule has 0 atom stereocenters. The van der Waals surface area contributed by atoms with Gasteiger partial charge in [-0.05, 0) is 18.2 Å². The first-order valence-corrected chi connectivity index (χ1v) is 4.15. The zero-order valence-electron chi connectivity index (χ0n) is 7.86. The van der Waals surface area contributed by atoms with Gasteiger partial charge in [-0.25, -0.2) is 9.18 Å². The van der Waals surface area contributed by atoms with Gasteiger partial charge in [0, 0.05) is 6.08 Å². The van der Waals surface area contributed by atoms with Gasteiger partial charge in [-0.1, -0.05) is 6.07 Å². The Bertz CT molecular complexity index is 416. The molecular formula is C10H7F3O3. The molecule has 86 valence electrons. The molecule has 1 aromatic rings. The summed E-state index contributed by atoms with van der Waals surface area (Å²) in [4.78, 5) is 10.2. The molecule has 3 nitrogen and oxygen atoms in total. The van der Waals surface area contributed by atoms with Crippen LogP contribution in [0.15, 0.2) is 24.3 Å². The summed E-state index contributed by atoms with van der Waals surface area (Å²) in [7, 11) is 0. The Morgan fingerprint density at radius 2 is 2.12 bits per heavy atom. The van der Waals surface area contributed by atoms with Crippen molar-refractivity contribution in [1.29, 1.82) is 0 Å². The summed E-state index contributed by atoms with van der Waals surface area (Å²) in [5, 5.41) is 8.34. The minimum absolute atomic E-state index is 0.329. The fourth-order valence-electron chi connectivity index (χ4n) is 1.03. The quantitative estimate of drug-likeness (QED) is 0.811. The number of carboxylic acids is 1. The van der Waals surface area contributed by atoms with Gasteiger partial charge in [-0.15, -0.1) is 0 Å². The Morgan fingerprint density at radius 3 is 2.69 bits per heavy atom. The number of rotatable bonds is 4. The van der Waals surface area contributed by atoms with Crippen molar-refractivity contribution in [3.8, 4) is 5.75 Å². The lowest BCUT2D eigenvalue weighted by Crippen LogP contribution is -2.04. The Hall–Kier alpha value is -1.98. The maximum absolute atomic E-state index is 13.2. The van der Waals surface area contributed by atoms with Crippen molar-refractivity contribution < 1.29 is 27.8 Å². The highest BCUT2D eigenvalue weighted by molar-refractivity contribution is 5.85. The highest BCUT2D eigenvalue weighted by Crippen LogP contribution is 2.24. The highest BCUT2D eigenvalue weighted by Gasteiger charge is 2.11. The number of ether oxygens (including phenoxy) is 1. The predicted octanol–water partition coefficient (Wildman–Crippen LogP) is 2.52. The molecule has 6 heteroatoms. The van der Waals surface area contributed by atoms with E-state index in [4.69, 9.17) is 5.11 Å². The first-order chi connectivity index (χ1) is 7.50. The maximum atomic E-state index is 13.2. The molecule has 1 rings (SSSR count). The maximum Gasteiger partial charge on any atom is 0.387 e. The van der Waals surface area contributed by atoms with Gasteiger partial charge in [0.05, 0.1) is 5.56 Å². The van der Waals surface area contributed by atoms with Crippen LogP contribution >= 0.6 is 0 Å². The summed E-state index contributed by atoms with van der Waals surface area (Å²) in [6.07, 6.45) is 1.49. The van der Waals surface area contributed by atoms with Crippen LogP contribution in [-0.2, 0) is 4.79 Å². The van der Waals surface area contributed by atoms with Crippen molar-refractivity contribution >= 4 is 12.0 Å². The Balaban J connectivity index is 3.08. The van der Waals surface area contributed by atoms with Crippen molar-refractivity contribution in [2.75, 3.05) is 0 Å². The molecule has 0 radical (unpaired) electrons. The number of carboxylic acid groups (broad SMARTS) is 1. The van der Waals surface area contributed by atoms with E-state index in [1.807, 2.05) is 0 Å². The summed E-state index contributed by atoms with van der Waals surface area (Å²) in [5.41, 5.74) is -0.329. The van der Waals surface area contributed by atoms with Gasteiger partial charge in [0.2, 0.25) is 0 Å². The Kier molecular flexibility index (Phi) is 3.93. The number of benzene rings is 1. The summed E-state index contributed by atoms with van der Waals surface area (Å²) in [6.45, 7) is -3.10. The highest BCUT2D eigenvalue weighted by atomic mass is 19.3. The third-order valence-electron chi connectivity index (χ3n) is 1.62. The lowest BCUT2D eigenvalue weighted by atomic mass is 10.1. The first kappa shape index (κ1) is 12.1. The summed E-state index contributed by atoms with van der Waals surface area (Å²) in [6, 6.07) is 3.32. The fourth-order valence-corrected chi connectivity index (χ4v) is 1.03. The normalized spacial score (nSPS) is 11.0. The van der Waals surface area contributed by atoms with Crippen LogP contribution in [-0.4, -0.2) is 17.7 Å². The Morgan fingerprint density at radius 1 is 1.44 bits per heavy atom. The van der Waals surface area contributed by atoms with Gasteiger partial charge in [0.25, 0.3) is 0 Å². The summed E-state index contributed by atoms with van der Waals surface area (Å²) < 4.78 is 41.1. The molecule has 0 amide bonds. The largest absolute Gasteiger partial charge is 0.478 e.